The number of nitrogens with zero attached hydrogens (tertiary/aromatic N) is 1. The highest BCUT2D eigenvalue weighted by Gasteiger charge is 2.31. The van der Waals surface area contributed by atoms with Crippen molar-refractivity contribution in [3.05, 3.63) is 29.3 Å². The van der Waals surface area contributed by atoms with Crippen LogP contribution in [0.25, 0.3) is 0 Å². The summed E-state index contributed by atoms with van der Waals surface area (Å²) in [6.45, 7) is 0. The van der Waals surface area contributed by atoms with E-state index in [4.69, 9.17) is 4.99 Å². The number of carbonyl (C=O) groups excluding carboxylic acids is 2. The maximum Gasteiger partial charge on any atom is 0.259 e. The number of rotatable bonds is 1. The van der Waals surface area contributed by atoms with Crippen LogP contribution in [0.15, 0.2) is 23.2 Å². The lowest BCUT2D eigenvalue weighted by atomic mass is 10.1. The zero-order chi connectivity index (χ0) is 14.4. The third-order valence-corrected chi connectivity index (χ3v) is 5.40. The smallest absolute Gasteiger partial charge is 0.259 e. The van der Waals surface area contributed by atoms with E-state index in [0.29, 0.717) is 17.2 Å². The van der Waals surface area contributed by atoms with E-state index in [0.717, 1.165) is 22.5 Å². The third kappa shape index (κ3) is 2.23. The molecule has 1 aliphatic carbocycles. The quantitative estimate of drug-likeness (QED) is 0.781. The van der Waals surface area contributed by atoms with Gasteiger partial charge >= 0.3 is 0 Å². The second-order valence-corrected chi connectivity index (χ2v) is 6.68. The monoisotopic (exact) mass is 301 g/mol. The summed E-state index contributed by atoms with van der Waals surface area (Å²) in [6, 6.07) is 5.68. The average Bonchev–Trinajstić information content (AvgIpc) is 3.04. The normalized spacial score (nSPS) is 27.0. The summed E-state index contributed by atoms with van der Waals surface area (Å²) in [5.41, 5.74) is 1.69. The van der Waals surface area contributed by atoms with Gasteiger partial charge in [-0.1, -0.05) is 18.2 Å². The minimum Gasteiger partial charge on any atom is -0.335 e. The van der Waals surface area contributed by atoms with Crippen LogP contribution in [-0.4, -0.2) is 28.8 Å². The maximum absolute atomic E-state index is 11.7. The molecule has 2 amide bonds. The summed E-state index contributed by atoms with van der Waals surface area (Å²) in [5, 5.41) is 6.50. The first-order valence-corrected chi connectivity index (χ1v) is 8.16. The molecule has 0 aromatic heterocycles. The number of amidine groups is 1. The molecule has 0 radical (unpaired) electrons. The zero-order valence-corrected chi connectivity index (χ0v) is 12.2. The van der Waals surface area contributed by atoms with Crippen LogP contribution in [0, 0.1) is 5.92 Å². The predicted molar refractivity (Wildman–Crippen MR) is 82.9 cm³/mol. The van der Waals surface area contributed by atoms with Crippen molar-refractivity contribution in [2.45, 2.75) is 25.3 Å². The lowest BCUT2D eigenvalue weighted by Crippen LogP contribution is -2.25. The molecule has 21 heavy (non-hydrogen) atoms. The molecular formula is C15H15N3O2S. The van der Waals surface area contributed by atoms with Gasteiger partial charge in [-0.3, -0.25) is 19.9 Å². The summed E-state index contributed by atoms with van der Waals surface area (Å²) >= 11 is 1.74. The largest absolute Gasteiger partial charge is 0.335 e. The van der Waals surface area contributed by atoms with Crippen LogP contribution in [0.4, 0.5) is 5.69 Å². The van der Waals surface area contributed by atoms with Crippen LogP contribution in [0.2, 0.25) is 0 Å². The Morgan fingerprint density at radius 2 is 2.05 bits per heavy atom. The summed E-state index contributed by atoms with van der Waals surface area (Å²) in [5.74, 6) is 1.19. The number of fused-ring (bicyclic) bond motifs is 2. The first kappa shape index (κ1) is 12.9. The maximum atomic E-state index is 11.7. The van der Waals surface area contributed by atoms with Crippen LogP contribution in [-0.2, 0) is 0 Å². The molecule has 108 valence electrons. The molecule has 1 fully saturated rings. The van der Waals surface area contributed by atoms with Gasteiger partial charge in [0.05, 0.1) is 17.2 Å². The second-order valence-electron chi connectivity index (χ2n) is 5.67. The fraction of sp³-hybridized carbons (Fsp3) is 0.400. The molecule has 0 bridgehead atoms. The summed E-state index contributed by atoms with van der Waals surface area (Å²) in [4.78, 5) is 28.0. The standard InChI is InChI=1S/C15H15N3O2S/c19-13-10-5-4-9(6-11(10)14(20)18-13)16-15-17-12-3-1-2-8(12)7-21-15/h4-6,8,12H,1-3,7H2,(H,16,17)(H,18,19,20). The molecule has 1 saturated carbocycles. The summed E-state index contributed by atoms with van der Waals surface area (Å²) in [6.07, 6.45) is 3.74. The molecule has 3 aliphatic rings. The highest BCUT2D eigenvalue weighted by atomic mass is 32.2. The average molecular weight is 301 g/mol. The Balaban J connectivity index is 1.57. The SMILES string of the molecule is O=C1NC(=O)c2cc(NC3=NC4CCCC4CS3)ccc21. The number of hydrogen-bond donors (Lipinski definition) is 2. The molecule has 1 aromatic carbocycles. The van der Waals surface area contributed by atoms with E-state index in [1.54, 1.807) is 23.9 Å². The second kappa shape index (κ2) is 4.87. The van der Waals surface area contributed by atoms with Gasteiger partial charge in [-0.25, -0.2) is 0 Å². The van der Waals surface area contributed by atoms with Crippen molar-refractivity contribution in [3.8, 4) is 0 Å². The van der Waals surface area contributed by atoms with E-state index in [-0.39, 0.29) is 11.8 Å². The van der Waals surface area contributed by atoms with Gasteiger partial charge in [0.15, 0.2) is 5.17 Å². The topological polar surface area (TPSA) is 70.6 Å². The highest BCUT2D eigenvalue weighted by molar-refractivity contribution is 8.14. The fourth-order valence-electron chi connectivity index (χ4n) is 3.19. The van der Waals surface area contributed by atoms with Gasteiger partial charge in [-0.15, -0.1) is 0 Å². The van der Waals surface area contributed by atoms with Gasteiger partial charge in [0.1, 0.15) is 0 Å². The lowest BCUT2D eigenvalue weighted by Gasteiger charge is -2.23. The number of carbonyl (C=O) groups is 2. The first-order valence-electron chi connectivity index (χ1n) is 7.18. The Morgan fingerprint density at radius 3 is 2.95 bits per heavy atom. The van der Waals surface area contributed by atoms with E-state index < -0.39 is 0 Å². The van der Waals surface area contributed by atoms with Crippen molar-refractivity contribution in [1.29, 1.82) is 0 Å². The Kier molecular flexibility index (Phi) is 2.99. The Morgan fingerprint density at radius 1 is 1.19 bits per heavy atom. The number of aliphatic imine (C=N–C) groups is 1. The van der Waals surface area contributed by atoms with Crippen molar-refractivity contribution >= 4 is 34.4 Å². The molecule has 6 heteroatoms. The molecular weight excluding hydrogens is 286 g/mol. The molecule has 1 aromatic rings. The summed E-state index contributed by atoms with van der Waals surface area (Å²) in [7, 11) is 0. The number of hydrogen-bond acceptors (Lipinski definition) is 5. The van der Waals surface area contributed by atoms with Gasteiger partial charge in [0.2, 0.25) is 0 Å². The first-order chi connectivity index (χ1) is 10.2. The van der Waals surface area contributed by atoms with Crippen molar-refractivity contribution in [3.63, 3.8) is 0 Å². The van der Waals surface area contributed by atoms with E-state index >= 15 is 0 Å². The van der Waals surface area contributed by atoms with Crippen molar-refractivity contribution < 1.29 is 9.59 Å². The number of benzene rings is 1. The zero-order valence-electron chi connectivity index (χ0n) is 11.4. The highest BCUT2D eigenvalue weighted by Crippen LogP contribution is 2.35. The third-order valence-electron chi connectivity index (χ3n) is 4.32. The minimum atomic E-state index is -0.326. The van der Waals surface area contributed by atoms with Crippen LogP contribution in [0.5, 0.6) is 0 Å². The lowest BCUT2D eigenvalue weighted by molar-refractivity contribution is 0.0879. The van der Waals surface area contributed by atoms with Gasteiger partial charge in [0.25, 0.3) is 11.8 Å². The van der Waals surface area contributed by atoms with Crippen molar-refractivity contribution in [2.24, 2.45) is 10.9 Å². The van der Waals surface area contributed by atoms with Gasteiger partial charge in [0, 0.05) is 11.4 Å². The van der Waals surface area contributed by atoms with E-state index in [9.17, 15) is 9.59 Å². The van der Waals surface area contributed by atoms with Crippen molar-refractivity contribution in [1.82, 2.24) is 5.32 Å². The molecule has 4 rings (SSSR count). The van der Waals surface area contributed by atoms with Crippen molar-refractivity contribution in [2.75, 3.05) is 11.1 Å². The van der Waals surface area contributed by atoms with Gasteiger partial charge in [-0.05, 0) is 37.0 Å². The van der Waals surface area contributed by atoms with Gasteiger partial charge < -0.3 is 5.32 Å². The molecule has 2 N–H and O–H groups in total. The number of anilines is 1. The molecule has 2 aliphatic heterocycles. The molecule has 2 unspecified atom stereocenters. The van der Waals surface area contributed by atoms with Crippen LogP contribution < -0.4 is 10.6 Å². The molecule has 5 nitrogen and oxygen atoms in total. The molecule has 0 saturated heterocycles. The summed E-state index contributed by atoms with van der Waals surface area (Å²) < 4.78 is 0. The minimum absolute atomic E-state index is 0.320. The van der Waals surface area contributed by atoms with Crippen LogP contribution >= 0.6 is 11.8 Å². The fourth-order valence-corrected chi connectivity index (χ4v) is 4.35. The molecule has 2 heterocycles. The Bertz CT molecular complexity index is 671. The van der Waals surface area contributed by atoms with Crippen LogP contribution in [0.1, 0.15) is 40.0 Å². The van der Waals surface area contributed by atoms with Gasteiger partial charge in [-0.2, -0.15) is 0 Å². The van der Waals surface area contributed by atoms with Crippen LogP contribution in [0.3, 0.4) is 0 Å². The van der Waals surface area contributed by atoms with E-state index in [1.807, 2.05) is 6.07 Å². The predicted octanol–water partition coefficient (Wildman–Crippen LogP) is 2.25. The Hall–Kier alpha value is -1.82. The Labute approximate surface area is 126 Å². The van der Waals surface area contributed by atoms with E-state index in [2.05, 4.69) is 10.6 Å². The van der Waals surface area contributed by atoms with E-state index in [1.165, 1.54) is 19.3 Å². The number of amides is 2. The molecule has 2 atom stereocenters. The number of thioether (sulfide) groups is 1. The molecule has 0 spiro atoms. The number of imide groups is 1. The number of nitrogens with one attached hydrogen (secondary N) is 2.